The molecule has 0 radical (unpaired) electrons. The summed E-state index contributed by atoms with van der Waals surface area (Å²) in [5.41, 5.74) is -3.92. The second-order valence-corrected chi connectivity index (χ2v) is 29.3. The number of aliphatic hydroxyl groups excluding tert-OH is 4. The minimum Gasteiger partial charge on any atom is -0.508 e. The summed E-state index contributed by atoms with van der Waals surface area (Å²) in [6, 6.07) is 0. The Hall–Kier alpha value is -8.04. The quantitative estimate of drug-likeness (QED) is 0.0245. The van der Waals surface area contributed by atoms with E-state index in [1.165, 1.54) is 0 Å². The smallest absolute Gasteiger partial charge is 0.191 e. The van der Waals surface area contributed by atoms with Crippen LogP contribution in [0, 0.1) is 41.4 Å². The van der Waals surface area contributed by atoms with Gasteiger partial charge in [-0.15, -0.1) is 0 Å². The van der Waals surface area contributed by atoms with Gasteiger partial charge in [0.15, 0.2) is 91.8 Å². The molecule has 4 aliphatic carbocycles. The SMILES string of the molecule is CC(C)=CCC(=O)C1(O)C(O)=C(C(=O)C(C)C)C(=O)[C@H]1CC=C(C)C.CC(C)=CCC(=O)C1(O)C(O)=C(C(=O)CC(C)C)C(=O)[C@H]1CC=C(C)C.CCC(=O)C1=C(O)C(O)(C(=O)CC=C(C)C)[C@H](CC=C(C)C)C1=O.CCC(C)C(=O)C1=C(O)C(O)(C(=O)CC=C(C)C)[C@H](CC=C(C)C)C1=O. The summed E-state index contributed by atoms with van der Waals surface area (Å²) in [5, 5.41) is 86.0. The van der Waals surface area contributed by atoms with Crippen molar-refractivity contribution in [2.45, 2.75) is 252 Å². The van der Waals surface area contributed by atoms with Crippen LogP contribution in [0.15, 0.2) is 139 Å². The monoisotopic (exact) mass is 1410 g/mol. The van der Waals surface area contributed by atoms with Crippen molar-refractivity contribution in [3.63, 3.8) is 0 Å². The second kappa shape index (κ2) is 38.8. The lowest BCUT2D eigenvalue weighted by molar-refractivity contribution is -0.144. The molecule has 0 amide bonds. The largest absolute Gasteiger partial charge is 0.508 e. The van der Waals surface area contributed by atoms with Gasteiger partial charge in [-0.2, -0.15) is 0 Å². The Labute approximate surface area is 597 Å². The van der Waals surface area contributed by atoms with E-state index in [4.69, 9.17) is 0 Å². The van der Waals surface area contributed by atoms with Gasteiger partial charge in [-0.3, -0.25) is 57.5 Å². The van der Waals surface area contributed by atoms with Crippen molar-refractivity contribution >= 4 is 69.4 Å². The van der Waals surface area contributed by atoms with E-state index in [1.807, 2.05) is 96.9 Å². The fraction of sp³-hybridized carbons (Fsp3) is 0.556. The Kier molecular flexibility index (Phi) is 35.0. The highest BCUT2D eigenvalue weighted by atomic mass is 16.4. The van der Waals surface area contributed by atoms with Crippen LogP contribution >= 0.6 is 0 Å². The van der Waals surface area contributed by atoms with E-state index in [1.54, 1.807) is 111 Å². The number of allylic oxidation sites excluding steroid dienone is 20. The van der Waals surface area contributed by atoms with Crippen LogP contribution in [0.2, 0.25) is 0 Å². The topological polar surface area (TPSA) is 367 Å². The van der Waals surface area contributed by atoms with Gasteiger partial charge in [0.1, 0.15) is 45.3 Å². The molecule has 5 unspecified atom stereocenters. The van der Waals surface area contributed by atoms with Crippen LogP contribution in [-0.4, -0.2) is 133 Å². The first kappa shape index (κ1) is 91.0. The Bertz CT molecular complexity index is 3630. The van der Waals surface area contributed by atoms with Crippen molar-refractivity contribution < 1.29 is 98.4 Å². The molecule has 4 aliphatic rings. The van der Waals surface area contributed by atoms with E-state index in [0.29, 0.717) is 6.42 Å². The van der Waals surface area contributed by atoms with E-state index < -0.39 is 173 Å². The molecule has 0 fully saturated rings. The fourth-order valence-corrected chi connectivity index (χ4v) is 11.4. The maximum absolute atomic E-state index is 12.9. The van der Waals surface area contributed by atoms with E-state index in [2.05, 4.69) is 0 Å². The second-order valence-electron chi connectivity index (χ2n) is 29.3. The van der Waals surface area contributed by atoms with Crippen molar-refractivity contribution in [2.75, 3.05) is 0 Å². The number of carbonyl (C=O) groups excluding carboxylic acids is 12. The van der Waals surface area contributed by atoms with Crippen LogP contribution in [0.25, 0.3) is 0 Å². The zero-order valence-corrected chi connectivity index (χ0v) is 63.9. The number of carbonyl (C=O) groups is 12. The van der Waals surface area contributed by atoms with Gasteiger partial charge in [0, 0.05) is 50.4 Å². The third-order valence-electron chi connectivity index (χ3n) is 17.7. The molecule has 4 rings (SSSR count). The van der Waals surface area contributed by atoms with Crippen molar-refractivity contribution in [1.82, 2.24) is 0 Å². The van der Waals surface area contributed by atoms with Crippen molar-refractivity contribution in [3.8, 4) is 0 Å². The highest BCUT2D eigenvalue weighted by Gasteiger charge is 2.62. The van der Waals surface area contributed by atoms with Gasteiger partial charge in [0.25, 0.3) is 0 Å². The maximum Gasteiger partial charge on any atom is 0.191 e. The average molecular weight is 1410 g/mol. The van der Waals surface area contributed by atoms with Crippen LogP contribution < -0.4 is 0 Å². The van der Waals surface area contributed by atoms with Gasteiger partial charge >= 0.3 is 0 Å². The predicted octanol–water partition coefficient (Wildman–Crippen LogP) is 13.5. The summed E-state index contributed by atoms with van der Waals surface area (Å²) in [6.45, 7) is 41.0. The molecular weight excluding hydrogens is 1290 g/mol. The molecule has 20 heteroatoms. The number of Topliss-reactive ketones (excluding diaryl/α,β-unsaturated/α-hetero) is 12. The Balaban J connectivity index is 0.000000674. The highest BCUT2D eigenvalue weighted by molar-refractivity contribution is 6.29. The van der Waals surface area contributed by atoms with Gasteiger partial charge in [-0.05, 0) is 149 Å². The molecule has 101 heavy (non-hydrogen) atoms. The van der Waals surface area contributed by atoms with Crippen LogP contribution in [-0.2, 0) is 57.5 Å². The minimum absolute atomic E-state index is 0.0121. The van der Waals surface area contributed by atoms with Gasteiger partial charge in [0.2, 0.25) is 0 Å². The summed E-state index contributed by atoms with van der Waals surface area (Å²) < 4.78 is 0. The summed E-state index contributed by atoms with van der Waals surface area (Å²) in [4.78, 5) is 151. The Morgan fingerprint density at radius 3 is 0.772 bits per heavy atom. The molecule has 0 spiro atoms. The van der Waals surface area contributed by atoms with E-state index in [0.717, 1.165) is 44.6 Å². The zero-order chi connectivity index (χ0) is 78.6. The lowest BCUT2D eigenvalue weighted by atomic mass is 9.81. The number of rotatable bonds is 30. The molecule has 0 saturated carbocycles. The predicted molar refractivity (Wildman–Crippen MR) is 389 cm³/mol. The van der Waals surface area contributed by atoms with E-state index in [9.17, 15) is 98.4 Å². The Morgan fingerprint density at radius 1 is 0.347 bits per heavy atom. The van der Waals surface area contributed by atoms with E-state index in [-0.39, 0.29) is 70.1 Å². The number of hydrogen-bond donors (Lipinski definition) is 8. The Morgan fingerprint density at radius 2 is 0.564 bits per heavy atom. The molecule has 0 saturated heterocycles. The van der Waals surface area contributed by atoms with Crippen LogP contribution in [0.4, 0.5) is 0 Å². The number of hydrogen-bond acceptors (Lipinski definition) is 20. The van der Waals surface area contributed by atoms with Crippen LogP contribution in [0.1, 0.15) is 230 Å². The lowest BCUT2D eigenvalue weighted by Gasteiger charge is -2.27. The standard InChI is InChI=1S/2C21H30O5.C20H28O5.C19H26O5/c1-12(2)7-9-15-19(24)18(16(22)11-14(5)6)20(25)21(15,26)17(23)10-8-13(3)4;1-7-14(6)18(23)17-19(24)15(10-8-12(2)3)21(26,20(17)25)16(22)11-9-13(4)5;1-11(2)7-9-14-18(23)16(17(22)13(5)6)19(24)20(14,25)15(21)10-8-12(3)4;1-6-14(20)16-17(22)13(9-7-11(2)3)19(24,18(16)23)15(21)10-8-12(4)5/h7-8,14-15,25-26H,9-11H2,1-6H3;8-9,14-15,25-26H,7,10-11H2,1-6H3;7-8,13-14,24-25H,9-10H2,1-6H3;7-8,13,23-24H,6,9-10H2,1-5H3/t15-,21?;14?,15-,21?;14-,20?;13-,19?/m1111/s1. The van der Waals surface area contributed by atoms with Gasteiger partial charge in [-0.25, -0.2) is 0 Å². The van der Waals surface area contributed by atoms with Gasteiger partial charge < -0.3 is 40.9 Å². The summed E-state index contributed by atoms with van der Waals surface area (Å²) in [6.07, 6.45) is 13.8. The molecular formula is C81H114O20. The van der Waals surface area contributed by atoms with Crippen LogP contribution in [0.5, 0.6) is 0 Å². The average Bonchev–Trinajstić information content (AvgIpc) is 1.62. The molecule has 0 aromatic rings. The van der Waals surface area contributed by atoms with Crippen molar-refractivity contribution in [3.05, 3.63) is 139 Å². The van der Waals surface area contributed by atoms with Crippen molar-refractivity contribution in [2.24, 2.45) is 41.4 Å². The summed E-state index contributed by atoms with van der Waals surface area (Å²) >= 11 is 0. The molecule has 558 valence electrons. The molecule has 0 aromatic carbocycles. The van der Waals surface area contributed by atoms with Gasteiger partial charge in [-0.1, -0.05) is 142 Å². The summed E-state index contributed by atoms with van der Waals surface area (Å²) in [5.74, 6) is -16.4. The molecule has 0 aromatic heterocycles. The molecule has 0 heterocycles. The lowest BCUT2D eigenvalue weighted by Crippen LogP contribution is -2.46. The molecule has 8 N–H and O–H groups in total. The highest BCUT2D eigenvalue weighted by Crippen LogP contribution is 2.46. The normalized spacial score (nSPS) is 23.1. The number of aliphatic hydroxyl groups is 8. The third kappa shape index (κ3) is 22.0. The third-order valence-corrected chi connectivity index (χ3v) is 17.7. The number of ketones is 12. The zero-order valence-electron chi connectivity index (χ0n) is 63.9. The molecule has 0 aliphatic heterocycles. The van der Waals surface area contributed by atoms with Crippen LogP contribution in [0.3, 0.4) is 0 Å². The van der Waals surface area contributed by atoms with Gasteiger partial charge in [0.05, 0.1) is 23.7 Å². The minimum atomic E-state index is -2.35. The first-order valence-electron chi connectivity index (χ1n) is 34.6. The first-order valence-corrected chi connectivity index (χ1v) is 34.6. The first-order chi connectivity index (χ1) is 46.4. The maximum atomic E-state index is 12.9. The van der Waals surface area contributed by atoms with Crippen molar-refractivity contribution in [1.29, 1.82) is 0 Å². The fourth-order valence-electron chi connectivity index (χ4n) is 11.4. The molecule has 20 nitrogen and oxygen atoms in total. The molecule has 9 atom stereocenters. The van der Waals surface area contributed by atoms with E-state index >= 15 is 0 Å². The molecule has 0 bridgehead atoms. The summed E-state index contributed by atoms with van der Waals surface area (Å²) in [7, 11) is 0.